The van der Waals surface area contributed by atoms with Gasteiger partial charge in [0.2, 0.25) is 0 Å². The third kappa shape index (κ3) is 3.58. The number of nitrogens with one attached hydrogen (secondary N) is 1. The average molecular weight is 315 g/mol. The smallest absolute Gasteiger partial charge is 0.257 e. The monoisotopic (exact) mass is 314 g/mol. The van der Waals surface area contributed by atoms with E-state index in [9.17, 15) is 4.79 Å². The Morgan fingerprint density at radius 1 is 1.52 bits per heavy atom. The van der Waals surface area contributed by atoms with Gasteiger partial charge in [-0.05, 0) is 40.2 Å². The molecule has 5 nitrogen and oxygen atoms in total. The summed E-state index contributed by atoms with van der Waals surface area (Å²) < 4.78 is 1.97. The molecule has 1 N–H and O–H groups in total. The molecule has 120 valence electrons. The van der Waals surface area contributed by atoms with E-state index >= 15 is 0 Å². The number of amides is 1. The van der Waals surface area contributed by atoms with E-state index < -0.39 is 0 Å². The van der Waals surface area contributed by atoms with Crippen molar-refractivity contribution in [1.29, 1.82) is 0 Å². The van der Waals surface area contributed by atoms with Gasteiger partial charge in [0.25, 0.3) is 5.91 Å². The highest BCUT2D eigenvalue weighted by molar-refractivity contribution is 5.95. The third-order valence-corrected chi connectivity index (χ3v) is 3.97. The molecule has 0 aromatic carbocycles. The number of halogens is 1. The summed E-state index contributed by atoms with van der Waals surface area (Å²) in [5.74, 6) is 0.0889. The highest BCUT2D eigenvalue weighted by atomic mass is 35.5. The van der Waals surface area contributed by atoms with E-state index in [0.717, 1.165) is 37.2 Å². The summed E-state index contributed by atoms with van der Waals surface area (Å²) in [5, 5.41) is 7.74. The van der Waals surface area contributed by atoms with Crippen LogP contribution in [-0.2, 0) is 12.0 Å². The van der Waals surface area contributed by atoms with Crippen LogP contribution in [0, 0.1) is 0 Å². The minimum atomic E-state index is -0.0998. The number of aromatic nitrogens is 2. The van der Waals surface area contributed by atoms with E-state index in [1.807, 2.05) is 16.6 Å². The van der Waals surface area contributed by atoms with Gasteiger partial charge in [0.1, 0.15) is 0 Å². The first kappa shape index (κ1) is 18.0. The van der Waals surface area contributed by atoms with Crippen LogP contribution in [0.2, 0.25) is 0 Å². The number of nitrogens with zero attached hydrogens (tertiary/aromatic N) is 3. The Kier molecular flexibility index (Phi) is 5.82. The van der Waals surface area contributed by atoms with E-state index in [1.54, 1.807) is 6.20 Å². The Morgan fingerprint density at radius 2 is 2.19 bits per heavy atom. The molecular formula is C15H27ClN4O. The second-order valence-corrected chi connectivity index (χ2v) is 6.50. The highest BCUT2D eigenvalue weighted by Crippen LogP contribution is 2.21. The Balaban J connectivity index is 0.00000220. The molecule has 0 bridgehead atoms. The SMILES string of the molecule is CCc1c(C(=O)N(C)C2CCNC2)cnn1C(C)(C)C.Cl. The standard InChI is InChI=1S/C15H26N4O.ClH/c1-6-13-12(10-17-19(13)15(2,3)4)14(20)18(5)11-7-8-16-9-11;/h10-11,16H,6-9H2,1-5H3;1H. The maximum atomic E-state index is 12.7. The summed E-state index contributed by atoms with van der Waals surface area (Å²) in [6.45, 7) is 10.3. The minimum absolute atomic E-state index is 0. The maximum Gasteiger partial charge on any atom is 0.257 e. The van der Waals surface area contributed by atoms with Crippen LogP contribution in [0.5, 0.6) is 0 Å². The van der Waals surface area contributed by atoms with Crippen LogP contribution in [0.1, 0.15) is 50.2 Å². The zero-order chi connectivity index (χ0) is 14.9. The largest absolute Gasteiger partial charge is 0.337 e. The van der Waals surface area contributed by atoms with Gasteiger partial charge in [-0.1, -0.05) is 6.92 Å². The van der Waals surface area contributed by atoms with Crippen molar-refractivity contribution in [2.45, 2.75) is 52.1 Å². The highest BCUT2D eigenvalue weighted by Gasteiger charge is 2.28. The Hall–Kier alpha value is -1.07. The van der Waals surface area contributed by atoms with Gasteiger partial charge in [-0.2, -0.15) is 5.10 Å². The molecule has 1 aromatic heterocycles. The van der Waals surface area contributed by atoms with E-state index in [2.05, 4.69) is 38.1 Å². The van der Waals surface area contributed by atoms with Crippen LogP contribution in [0.25, 0.3) is 0 Å². The van der Waals surface area contributed by atoms with E-state index in [1.165, 1.54) is 0 Å². The van der Waals surface area contributed by atoms with Crippen LogP contribution < -0.4 is 5.32 Å². The predicted octanol–water partition coefficient (Wildman–Crippen LogP) is 2.06. The summed E-state index contributed by atoms with van der Waals surface area (Å²) in [4.78, 5) is 14.6. The molecule has 2 heterocycles. The lowest BCUT2D eigenvalue weighted by Crippen LogP contribution is -2.38. The molecule has 1 fully saturated rings. The first-order chi connectivity index (χ1) is 9.36. The molecule has 1 amide bonds. The van der Waals surface area contributed by atoms with Gasteiger partial charge in [0.05, 0.1) is 23.0 Å². The molecular weight excluding hydrogens is 288 g/mol. The number of hydrogen-bond donors (Lipinski definition) is 1. The number of likely N-dealkylation sites (N-methyl/N-ethyl adjacent to an activating group) is 1. The first-order valence-electron chi connectivity index (χ1n) is 7.41. The molecule has 1 saturated heterocycles. The van der Waals surface area contributed by atoms with Crippen LogP contribution in [-0.4, -0.2) is 46.8 Å². The molecule has 6 heteroatoms. The fraction of sp³-hybridized carbons (Fsp3) is 0.733. The average Bonchev–Trinajstić information content (AvgIpc) is 3.04. The summed E-state index contributed by atoms with van der Waals surface area (Å²) in [6.07, 6.45) is 3.57. The first-order valence-corrected chi connectivity index (χ1v) is 7.41. The van der Waals surface area contributed by atoms with Gasteiger partial charge < -0.3 is 10.2 Å². The predicted molar refractivity (Wildman–Crippen MR) is 87.2 cm³/mol. The van der Waals surface area contributed by atoms with Crippen LogP contribution in [0.4, 0.5) is 0 Å². The summed E-state index contributed by atoms with van der Waals surface area (Å²) >= 11 is 0. The zero-order valence-electron chi connectivity index (χ0n) is 13.6. The van der Waals surface area contributed by atoms with Gasteiger partial charge in [0.15, 0.2) is 0 Å². The second-order valence-electron chi connectivity index (χ2n) is 6.50. The lowest BCUT2D eigenvalue weighted by Gasteiger charge is -2.25. The molecule has 1 unspecified atom stereocenters. The van der Waals surface area contributed by atoms with E-state index in [4.69, 9.17) is 0 Å². The van der Waals surface area contributed by atoms with Gasteiger partial charge in [-0.25, -0.2) is 0 Å². The minimum Gasteiger partial charge on any atom is -0.337 e. The molecule has 1 aromatic rings. The molecule has 0 radical (unpaired) electrons. The van der Waals surface area contributed by atoms with Crippen molar-refractivity contribution in [3.63, 3.8) is 0 Å². The topological polar surface area (TPSA) is 50.2 Å². The van der Waals surface area contributed by atoms with E-state index in [-0.39, 0.29) is 23.9 Å². The Bertz CT molecular complexity index is 486. The molecule has 0 saturated carbocycles. The number of carbonyl (C=O) groups excluding carboxylic acids is 1. The molecule has 0 spiro atoms. The normalized spacial score (nSPS) is 18.4. The van der Waals surface area contributed by atoms with Crippen molar-refractivity contribution in [3.05, 3.63) is 17.5 Å². The number of carbonyl (C=O) groups is 1. The van der Waals surface area contributed by atoms with Crippen LogP contribution in [0.15, 0.2) is 6.20 Å². The summed E-state index contributed by atoms with van der Waals surface area (Å²) in [7, 11) is 1.90. The molecule has 2 rings (SSSR count). The Morgan fingerprint density at radius 3 is 2.67 bits per heavy atom. The maximum absolute atomic E-state index is 12.7. The fourth-order valence-corrected chi connectivity index (χ4v) is 2.80. The molecule has 1 aliphatic heterocycles. The van der Waals surface area contributed by atoms with Crippen LogP contribution in [0.3, 0.4) is 0 Å². The molecule has 0 aliphatic carbocycles. The molecule has 1 aliphatic rings. The number of hydrogen-bond acceptors (Lipinski definition) is 3. The van der Waals surface area contributed by atoms with Gasteiger partial charge in [0, 0.05) is 19.6 Å². The van der Waals surface area contributed by atoms with Gasteiger partial charge in [-0.15, -0.1) is 12.4 Å². The third-order valence-electron chi connectivity index (χ3n) is 3.97. The van der Waals surface area contributed by atoms with Crippen molar-refractivity contribution in [3.8, 4) is 0 Å². The fourth-order valence-electron chi connectivity index (χ4n) is 2.80. The van der Waals surface area contributed by atoms with Crippen LogP contribution >= 0.6 is 12.4 Å². The lowest BCUT2D eigenvalue weighted by molar-refractivity contribution is 0.0742. The van der Waals surface area contributed by atoms with Gasteiger partial charge >= 0.3 is 0 Å². The summed E-state index contributed by atoms with van der Waals surface area (Å²) in [5.41, 5.74) is 1.68. The second kappa shape index (κ2) is 6.79. The van der Waals surface area contributed by atoms with Crippen molar-refractivity contribution < 1.29 is 4.79 Å². The summed E-state index contributed by atoms with van der Waals surface area (Å²) in [6, 6.07) is 0.296. The van der Waals surface area contributed by atoms with Crippen molar-refractivity contribution in [2.24, 2.45) is 0 Å². The molecule has 1 atom stereocenters. The Labute approximate surface area is 133 Å². The number of rotatable bonds is 3. The van der Waals surface area contributed by atoms with Gasteiger partial charge in [-0.3, -0.25) is 9.48 Å². The zero-order valence-corrected chi connectivity index (χ0v) is 14.5. The molecule has 21 heavy (non-hydrogen) atoms. The van der Waals surface area contributed by atoms with Crippen molar-refractivity contribution in [1.82, 2.24) is 20.0 Å². The van der Waals surface area contributed by atoms with E-state index in [0.29, 0.717) is 6.04 Å². The lowest BCUT2D eigenvalue weighted by atomic mass is 10.1. The quantitative estimate of drug-likeness (QED) is 0.929. The van der Waals surface area contributed by atoms with Crippen molar-refractivity contribution >= 4 is 18.3 Å². The van der Waals surface area contributed by atoms with Crippen molar-refractivity contribution in [2.75, 3.05) is 20.1 Å².